The van der Waals surface area contributed by atoms with Crippen molar-refractivity contribution in [2.75, 3.05) is 32.1 Å². The first-order valence-corrected chi connectivity index (χ1v) is 9.96. The fourth-order valence-electron chi connectivity index (χ4n) is 3.62. The molecule has 0 radical (unpaired) electrons. The largest absolute Gasteiger partial charge is 0.466 e. The number of pyridine rings is 1. The monoisotopic (exact) mass is 420 g/mol. The number of carbonyl (C=O) groups is 2. The standard InChI is InChI=1S/C23H24N4O4/c1-14-6-7-26-13-19(24-20(26)10-14)16-5-4-15(2)18(11-16)25-21-17(23(30)31-3)12-27(8-9-28)22(21)29/h4-7,10-11,13,25,28H,8-9,12H2,1-3H3. The number of rotatable bonds is 6. The lowest BCUT2D eigenvalue weighted by molar-refractivity contribution is -0.136. The van der Waals surface area contributed by atoms with Crippen molar-refractivity contribution in [1.29, 1.82) is 0 Å². The number of fused-ring (bicyclic) bond motifs is 1. The average Bonchev–Trinajstić information content (AvgIpc) is 3.31. The summed E-state index contributed by atoms with van der Waals surface area (Å²) >= 11 is 0. The summed E-state index contributed by atoms with van der Waals surface area (Å²) in [7, 11) is 1.28. The molecular formula is C23H24N4O4. The SMILES string of the molecule is COC(=O)C1=C(Nc2cc(-c3cn4ccc(C)cc4n3)ccc2C)C(=O)N(CCO)C1. The Hall–Kier alpha value is -3.65. The van der Waals surface area contributed by atoms with Crippen LogP contribution in [0.15, 0.2) is 54.0 Å². The third kappa shape index (κ3) is 3.89. The molecule has 8 nitrogen and oxygen atoms in total. The van der Waals surface area contributed by atoms with Gasteiger partial charge in [-0.15, -0.1) is 0 Å². The van der Waals surface area contributed by atoms with Gasteiger partial charge < -0.3 is 24.5 Å². The first-order chi connectivity index (χ1) is 14.9. The molecule has 0 saturated carbocycles. The Morgan fingerprint density at radius 1 is 1.26 bits per heavy atom. The molecule has 1 aliphatic rings. The second kappa shape index (κ2) is 8.23. The number of hydrogen-bond acceptors (Lipinski definition) is 6. The van der Waals surface area contributed by atoms with Crippen molar-refractivity contribution >= 4 is 23.2 Å². The molecule has 0 aliphatic carbocycles. The third-order valence-corrected chi connectivity index (χ3v) is 5.36. The minimum atomic E-state index is -0.569. The Morgan fingerprint density at radius 3 is 2.81 bits per heavy atom. The summed E-state index contributed by atoms with van der Waals surface area (Å²) in [5.74, 6) is -0.914. The van der Waals surface area contributed by atoms with Crippen molar-refractivity contribution in [3.05, 3.63) is 65.1 Å². The molecule has 1 amide bonds. The summed E-state index contributed by atoms with van der Waals surface area (Å²) in [6, 6.07) is 9.85. The summed E-state index contributed by atoms with van der Waals surface area (Å²) in [5, 5.41) is 12.4. The molecule has 0 bridgehead atoms. The van der Waals surface area contributed by atoms with Crippen molar-refractivity contribution in [2.45, 2.75) is 13.8 Å². The summed E-state index contributed by atoms with van der Waals surface area (Å²) in [6.07, 6.45) is 3.92. The lowest BCUT2D eigenvalue weighted by Crippen LogP contribution is -2.31. The molecule has 1 aromatic carbocycles. The number of nitrogens with zero attached hydrogens (tertiary/aromatic N) is 3. The van der Waals surface area contributed by atoms with Gasteiger partial charge in [-0.1, -0.05) is 12.1 Å². The molecule has 160 valence electrons. The van der Waals surface area contributed by atoms with Gasteiger partial charge in [0.2, 0.25) is 0 Å². The van der Waals surface area contributed by atoms with Crippen LogP contribution in [0.4, 0.5) is 5.69 Å². The van der Waals surface area contributed by atoms with E-state index in [1.165, 1.54) is 12.0 Å². The van der Waals surface area contributed by atoms with E-state index in [-0.39, 0.29) is 36.9 Å². The van der Waals surface area contributed by atoms with Gasteiger partial charge in [-0.25, -0.2) is 9.78 Å². The maximum absolute atomic E-state index is 12.8. The minimum absolute atomic E-state index is 0.0962. The van der Waals surface area contributed by atoms with Crippen LogP contribution >= 0.6 is 0 Å². The van der Waals surface area contributed by atoms with Crippen LogP contribution in [-0.2, 0) is 14.3 Å². The van der Waals surface area contributed by atoms with E-state index in [0.717, 1.165) is 28.0 Å². The van der Waals surface area contributed by atoms with E-state index >= 15 is 0 Å². The van der Waals surface area contributed by atoms with Crippen molar-refractivity contribution in [1.82, 2.24) is 14.3 Å². The van der Waals surface area contributed by atoms with Gasteiger partial charge in [0.1, 0.15) is 11.3 Å². The Kier molecular flexibility index (Phi) is 5.48. The number of imidazole rings is 1. The van der Waals surface area contributed by atoms with Gasteiger partial charge in [0.05, 0.1) is 31.5 Å². The van der Waals surface area contributed by atoms with Gasteiger partial charge in [0.25, 0.3) is 5.91 Å². The van der Waals surface area contributed by atoms with Crippen LogP contribution in [0, 0.1) is 13.8 Å². The van der Waals surface area contributed by atoms with Crippen LogP contribution in [0.3, 0.4) is 0 Å². The van der Waals surface area contributed by atoms with Gasteiger partial charge >= 0.3 is 5.97 Å². The van der Waals surface area contributed by atoms with E-state index in [1.54, 1.807) is 0 Å². The number of aliphatic hydroxyl groups excluding tert-OH is 1. The third-order valence-electron chi connectivity index (χ3n) is 5.36. The predicted octanol–water partition coefficient (Wildman–Crippen LogP) is 2.29. The second-order valence-electron chi connectivity index (χ2n) is 7.55. The van der Waals surface area contributed by atoms with Crippen LogP contribution in [0.1, 0.15) is 11.1 Å². The number of nitrogens with one attached hydrogen (secondary N) is 1. The Balaban J connectivity index is 1.70. The van der Waals surface area contributed by atoms with E-state index in [1.807, 2.05) is 61.0 Å². The Bertz CT molecular complexity index is 1210. The topological polar surface area (TPSA) is 96.2 Å². The number of hydrogen-bond donors (Lipinski definition) is 2. The van der Waals surface area contributed by atoms with Crippen molar-refractivity contribution in [2.24, 2.45) is 0 Å². The first-order valence-electron chi connectivity index (χ1n) is 9.96. The fourth-order valence-corrected chi connectivity index (χ4v) is 3.62. The van der Waals surface area contributed by atoms with Crippen LogP contribution in [0.5, 0.6) is 0 Å². The lowest BCUT2D eigenvalue weighted by Gasteiger charge is -2.16. The molecule has 4 rings (SSSR count). The van der Waals surface area contributed by atoms with E-state index in [2.05, 4.69) is 5.32 Å². The molecule has 31 heavy (non-hydrogen) atoms. The van der Waals surface area contributed by atoms with E-state index in [0.29, 0.717) is 5.69 Å². The molecule has 8 heteroatoms. The van der Waals surface area contributed by atoms with Gasteiger partial charge in [-0.05, 0) is 43.2 Å². The molecule has 0 fully saturated rings. The highest BCUT2D eigenvalue weighted by Gasteiger charge is 2.34. The molecule has 0 atom stereocenters. The zero-order valence-electron chi connectivity index (χ0n) is 17.7. The second-order valence-corrected chi connectivity index (χ2v) is 7.55. The zero-order valence-corrected chi connectivity index (χ0v) is 17.7. The average molecular weight is 420 g/mol. The number of aryl methyl sites for hydroxylation is 2. The van der Waals surface area contributed by atoms with Gasteiger partial charge in [-0.3, -0.25) is 4.79 Å². The summed E-state index contributed by atoms with van der Waals surface area (Å²) in [5.41, 5.74) is 5.69. The molecule has 2 N–H and O–H groups in total. The Labute approximate surface area is 179 Å². The number of anilines is 1. The fraction of sp³-hybridized carbons (Fsp3) is 0.261. The highest BCUT2D eigenvalue weighted by Crippen LogP contribution is 2.29. The summed E-state index contributed by atoms with van der Waals surface area (Å²) < 4.78 is 6.81. The van der Waals surface area contributed by atoms with Crippen molar-refractivity contribution < 1.29 is 19.4 Å². The van der Waals surface area contributed by atoms with Gasteiger partial charge in [0.15, 0.2) is 0 Å². The highest BCUT2D eigenvalue weighted by molar-refractivity contribution is 6.08. The highest BCUT2D eigenvalue weighted by atomic mass is 16.5. The molecule has 3 aromatic rings. The minimum Gasteiger partial charge on any atom is -0.466 e. The summed E-state index contributed by atoms with van der Waals surface area (Å²) in [4.78, 5) is 31.2. The maximum atomic E-state index is 12.8. The molecule has 2 aromatic heterocycles. The van der Waals surface area contributed by atoms with Crippen LogP contribution in [0.25, 0.3) is 16.9 Å². The number of benzene rings is 1. The lowest BCUT2D eigenvalue weighted by atomic mass is 10.1. The van der Waals surface area contributed by atoms with Crippen LogP contribution in [-0.4, -0.2) is 58.1 Å². The number of carbonyl (C=O) groups excluding carboxylic acids is 2. The maximum Gasteiger partial charge on any atom is 0.337 e. The number of amides is 1. The number of methoxy groups -OCH3 is 1. The number of β-amino-alcohol motifs (C(OH)–C–C–N with tert-alkyl or cyclic N) is 1. The smallest absolute Gasteiger partial charge is 0.337 e. The van der Waals surface area contributed by atoms with Gasteiger partial charge in [0, 0.05) is 30.2 Å². The van der Waals surface area contributed by atoms with E-state index in [9.17, 15) is 14.7 Å². The normalized spacial score (nSPS) is 13.9. The zero-order chi connectivity index (χ0) is 22.1. The molecule has 3 heterocycles. The Morgan fingerprint density at radius 2 is 2.06 bits per heavy atom. The number of aliphatic hydroxyl groups is 1. The molecule has 0 spiro atoms. The molecule has 0 saturated heterocycles. The number of esters is 1. The van der Waals surface area contributed by atoms with Crippen molar-refractivity contribution in [3.8, 4) is 11.3 Å². The van der Waals surface area contributed by atoms with Gasteiger partial charge in [-0.2, -0.15) is 0 Å². The quantitative estimate of drug-likeness (QED) is 0.594. The molecular weight excluding hydrogens is 396 g/mol. The first kappa shape index (κ1) is 20.6. The molecule has 0 unspecified atom stereocenters. The predicted molar refractivity (Wildman–Crippen MR) is 116 cm³/mol. The summed E-state index contributed by atoms with van der Waals surface area (Å²) in [6.45, 7) is 3.99. The van der Waals surface area contributed by atoms with Crippen LogP contribution < -0.4 is 5.32 Å². The number of aromatic nitrogens is 2. The number of ether oxygens (including phenoxy) is 1. The van der Waals surface area contributed by atoms with Crippen molar-refractivity contribution in [3.63, 3.8) is 0 Å². The van der Waals surface area contributed by atoms with E-state index in [4.69, 9.17) is 9.72 Å². The van der Waals surface area contributed by atoms with Crippen LogP contribution in [0.2, 0.25) is 0 Å². The molecule has 1 aliphatic heterocycles. The van der Waals surface area contributed by atoms with E-state index < -0.39 is 5.97 Å².